The number of nitrogens with zero attached hydrogens (tertiary/aromatic N) is 3. The minimum Gasteiger partial charge on any atom is -0.483 e. The molecule has 0 amide bonds. The lowest BCUT2D eigenvalue weighted by Crippen LogP contribution is -2.42. The summed E-state index contributed by atoms with van der Waals surface area (Å²) in [5.41, 5.74) is 1.09. The van der Waals surface area contributed by atoms with Crippen LogP contribution in [0.2, 0.25) is 5.02 Å². The molecule has 8 nitrogen and oxygen atoms in total. The van der Waals surface area contributed by atoms with Gasteiger partial charge >= 0.3 is 0 Å². The van der Waals surface area contributed by atoms with Crippen LogP contribution in [0.25, 0.3) is 0 Å². The number of piperidine rings is 1. The summed E-state index contributed by atoms with van der Waals surface area (Å²) in [5, 5.41) is 16.2. The van der Waals surface area contributed by atoms with Crippen LogP contribution in [0.4, 0.5) is 11.5 Å². The Balaban J connectivity index is 1.57. The summed E-state index contributed by atoms with van der Waals surface area (Å²) in [4.78, 5) is 8.67. The fourth-order valence-electron chi connectivity index (χ4n) is 3.96. The largest absolute Gasteiger partial charge is 0.483 e. The van der Waals surface area contributed by atoms with Crippen LogP contribution >= 0.6 is 11.6 Å². The summed E-state index contributed by atoms with van der Waals surface area (Å²) in [5.74, 6) is 1.26. The van der Waals surface area contributed by atoms with Gasteiger partial charge in [-0.3, -0.25) is 0 Å². The maximum absolute atomic E-state index is 9.04. The molecule has 2 N–H and O–H groups in total. The molecular weight excluding hydrogens is 406 g/mol. The number of anilines is 2. The molecular formula is C21H24ClN5O3. The highest BCUT2D eigenvalue weighted by Gasteiger charge is 2.35. The van der Waals surface area contributed by atoms with Gasteiger partial charge in [-0.25, -0.2) is 4.98 Å². The Morgan fingerprint density at radius 2 is 2.03 bits per heavy atom. The van der Waals surface area contributed by atoms with Gasteiger partial charge in [0.15, 0.2) is 5.82 Å². The van der Waals surface area contributed by atoms with Gasteiger partial charge in [-0.05, 0) is 43.9 Å². The average Bonchev–Trinajstić information content (AvgIpc) is 3.09. The number of halogens is 1. The van der Waals surface area contributed by atoms with Crippen molar-refractivity contribution in [3.8, 4) is 17.7 Å². The first-order valence-electron chi connectivity index (χ1n) is 10.0. The molecule has 3 heterocycles. The number of aromatic nitrogens is 2. The van der Waals surface area contributed by atoms with Crippen LogP contribution < -0.4 is 20.1 Å². The van der Waals surface area contributed by atoms with Gasteiger partial charge in [0.2, 0.25) is 5.75 Å². The van der Waals surface area contributed by atoms with Gasteiger partial charge in [0.25, 0.3) is 5.88 Å². The Morgan fingerprint density at radius 1 is 1.23 bits per heavy atom. The molecule has 30 heavy (non-hydrogen) atoms. The van der Waals surface area contributed by atoms with Gasteiger partial charge in [0, 0.05) is 19.2 Å². The van der Waals surface area contributed by atoms with Gasteiger partial charge in [-0.1, -0.05) is 11.6 Å². The summed E-state index contributed by atoms with van der Waals surface area (Å²) in [6.45, 7) is 0.746. The first-order chi connectivity index (χ1) is 14.7. The highest BCUT2D eigenvalue weighted by atomic mass is 35.5. The van der Waals surface area contributed by atoms with Crippen molar-refractivity contribution in [1.82, 2.24) is 15.3 Å². The third kappa shape index (κ3) is 4.75. The second-order valence-corrected chi connectivity index (χ2v) is 7.89. The molecule has 2 aliphatic rings. The molecule has 2 aliphatic heterocycles. The van der Waals surface area contributed by atoms with E-state index < -0.39 is 0 Å². The smallest absolute Gasteiger partial charge is 0.262 e. The van der Waals surface area contributed by atoms with Gasteiger partial charge < -0.3 is 24.8 Å². The number of nitrogens with one attached hydrogen (secondary N) is 2. The molecule has 9 heteroatoms. The number of ether oxygens (including phenoxy) is 3. The predicted octanol–water partition coefficient (Wildman–Crippen LogP) is 3.43. The number of nitriles is 1. The Bertz CT molecular complexity index is 923. The van der Waals surface area contributed by atoms with Gasteiger partial charge in [0.1, 0.15) is 19.0 Å². The first kappa shape index (κ1) is 20.7. The Kier molecular flexibility index (Phi) is 6.53. The fourth-order valence-corrected chi connectivity index (χ4v) is 4.19. The minimum absolute atomic E-state index is 0.0785. The van der Waals surface area contributed by atoms with Crippen molar-refractivity contribution in [3.05, 3.63) is 35.1 Å². The number of hydrogen-bond acceptors (Lipinski definition) is 8. The van der Waals surface area contributed by atoms with E-state index in [1.165, 1.54) is 19.2 Å². The monoisotopic (exact) mass is 429 g/mol. The van der Waals surface area contributed by atoms with Crippen molar-refractivity contribution in [2.75, 3.05) is 25.6 Å². The molecule has 0 radical (unpaired) electrons. The molecule has 1 aromatic heterocycles. The van der Waals surface area contributed by atoms with E-state index in [0.717, 1.165) is 12.8 Å². The van der Waals surface area contributed by atoms with Crippen LogP contribution in [0.5, 0.6) is 11.6 Å². The number of methoxy groups -OCH3 is 1. The van der Waals surface area contributed by atoms with E-state index in [1.807, 2.05) is 0 Å². The lowest BCUT2D eigenvalue weighted by molar-refractivity contribution is 0.116. The van der Waals surface area contributed by atoms with Gasteiger partial charge in [-0.15, -0.1) is 0 Å². The quantitative estimate of drug-likeness (QED) is 0.615. The van der Waals surface area contributed by atoms with Crippen LogP contribution in [0.3, 0.4) is 0 Å². The fraction of sp³-hybridized carbons (Fsp3) is 0.476. The van der Waals surface area contributed by atoms with Gasteiger partial charge in [0.05, 0.1) is 28.9 Å². The second-order valence-electron chi connectivity index (χ2n) is 7.48. The van der Waals surface area contributed by atoms with Crippen LogP contribution in [0.15, 0.2) is 24.5 Å². The molecule has 0 saturated carbocycles. The highest BCUT2D eigenvalue weighted by molar-refractivity contribution is 6.33. The number of fused-ring (bicyclic) bond motifs is 2. The Hall–Kier alpha value is -2.60. The lowest BCUT2D eigenvalue weighted by Gasteiger charge is -2.29. The predicted molar refractivity (Wildman–Crippen MR) is 112 cm³/mol. The standard InChI is InChI=1S/C21H24ClN5O3/c1-28-6-7-29-19-20(27-18-5-2-13(11-23)8-17(18)22)24-12-25-21(19)30-16-9-14-3-4-15(10-16)26-14/h2,5,8,12,14-16,26H,3-4,6-7,9-10H2,1H3,(H,24,25,27). The zero-order valence-corrected chi connectivity index (χ0v) is 17.5. The molecule has 2 atom stereocenters. The van der Waals surface area contributed by atoms with Gasteiger partial charge in [-0.2, -0.15) is 10.2 Å². The van der Waals surface area contributed by atoms with Crippen molar-refractivity contribution in [1.29, 1.82) is 5.26 Å². The van der Waals surface area contributed by atoms with Crippen molar-refractivity contribution >= 4 is 23.1 Å². The zero-order chi connectivity index (χ0) is 20.9. The zero-order valence-electron chi connectivity index (χ0n) is 16.7. The van der Waals surface area contributed by atoms with Crippen LogP contribution in [-0.2, 0) is 4.74 Å². The summed E-state index contributed by atoms with van der Waals surface area (Å²) in [6, 6.07) is 8.09. The lowest BCUT2D eigenvalue weighted by atomic mass is 10.0. The van der Waals surface area contributed by atoms with Crippen LogP contribution in [0, 0.1) is 11.3 Å². The van der Waals surface area contributed by atoms with E-state index in [4.69, 9.17) is 31.1 Å². The maximum atomic E-state index is 9.04. The first-order valence-corrected chi connectivity index (χ1v) is 10.4. The number of hydrogen-bond donors (Lipinski definition) is 2. The summed E-state index contributed by atoms with van der Waals surface area (Å²) >= 11 is 6.32. The third-order valence-electron chi connectivity index (χ3n) is 5.36. The Labute approximate surface area is 180 Å². The summed E-state index contributed by atoms with van der Waals surface area (Å²) in [6.07, 6.45) is 5.79. The van der Waals surface area contributed by atoms with Crippen molar-refractivity contribution < 1.29 is 14.2 Å². The molecule has 2 aromatic rings. The minimum atomic E-state index is 0.0785. The maximum Gasteiger partial charge on any atom is 0.262 e. The molecule has 4 rings (SSSR count). The molecule has 158 valence electrons. The van der Waals surface area contributed by atoms with Crippen LogP contribution in [0.1, 0.15) is 31.2 Å². The molecule has 1 aromatic carbocycles. The SMILES string of the molecule is COCCOc1c(Nc2ccc(C#N)cc2Cl)ncnc1OC1CC2CCC(C1)N2. The van der Waals surface area contributed by atoms with E-state index in [1.54, 1.807) is 25.3 Å². The van der Waals surface area contributed by atoms with E-state index in [0.29, 0.717) is 59.0 Å². The summed E-state index contributed by atoms with van der Waals surface area (Å²) < 4.78 is 17.3. The molecule has 2 unspecified atom stereocenters. The molecule has 0 aliphatic carbocycles. The van der Waals surface area contributed by atoms with E-state index in [-0.39, 0.29) is 6.10 Å². The third-order valence-corrected chi connectivity index (χ3v) is 5.68. The van der Waals surface area contributed by atoms with E-state index in [2.05, 4.69) is 26.7 Å². The summed E-state index contributed by atoms with van der Waals surface area (Å²) in [7, 11) is 1.61. The number of rotatable bonds is 8. The molecule has 2 fully saturated rings. The normalized spacial score (nSPS) is 22.4. The molecule has 2 bridgehead atoms. The second kappa shape index (κ2) is 9.47. The topological polar surface area (TPSA) is 101 Å². The van der Waals surface area contributed by atoms with Crippen LogP contribution in [-0.4, -0.2) is 48.5 Å². The molecule has 0 spiro atoms. The van der Waals surface area contributed by atoms with E-state index >= 15 is 0 Å². The van der Waals surface area contributed by atoms with Crippen molar-refractivity contribution in [2.45, 2.75) is 43.9 Å². The van der Waals surface area contributed by atoms with Crippen molar-refractivity contribution in [3.63, 3.8) is 0 Å². The Morgan fingerprint density at radius 3 is 2.73 bits per heavy atom. The highest BCUT2D eigenvalue weighted by Crippen LogP contribution is 2.37. The average molecular weight is 430 g/mol. The van der Waals surface area contributed by atoms with Crippen molar-refractivity contribution in [2.24, 2.45) is 0 Å². The number of benzene rings is 1. The van der Waals surface area contributed by atoms with E-state index in [9.17, 15) is 0 Å². The molecule has 2 saturated heterocycles.